The second-order valence-corrected chi connectivity index (χ2v) is 4.37. The van der Waals surface area contributed by atoms with Gasteiger partial charge in [-0.3, -0.25) is 4.79 Å². The summed E-state index contributed by atoms with van der Waals surface area (Å²) < 4.78 is 4.63. The minimum atomic E-state index is -0.314. The maximum Gasteiger partial charge on any atom is 0.306 e. The lowest BCUT2D eigenvalue weighted by atomic mass is 9.91. The van der Waals surface area contributed by atoms with Crippen molar-refractivity contribution >= 4 is 23.4 Å². The molecule has 17 heavy (non-hydrogen) atoms. The van der Waals surface area contributed by atoms with Crippen molar-refractivity contribution in [3.05, 3.63) is 34.9 Å². The van der Waals surface area contributed by atoms with Gasteiger partial charge in [-0.2, -0.15) is 0 Å². The normalized spacial score (nSPS) is 11.9. The zero-order valence-corrected chi connectivity index (χ0v) is 10.7. The molecule has 0 bridgehead atoms. The lowest BCUT2D eigenvalue weighted by Crippen LogP contribution is -2.11. The molecule has 1 rings (SSSR count). The Bertz CT molecular complexity index is 398. The van der Waals surface area contributed by atoms with Crippen molar-refractivity contribution in [2.45, 2.75) is 25.7 Å². The number of benzene rings is 1. The molecule has 0 radical (unpaired) electrons. The molecule has 4 heteroatoms. The Morgan fingerprint density at radius 2 is 1.82 bits per heavy atom. The molecule has 0 N–H and O–H groups in total. The Kier molecular flexibility index (Phi) is 5.16. The van der Waals surface area contributed by atoms with Gasteiger partial charge in [-0.25, -0.2) is 0 Å². The first-order valence-corrected chi connectivity index (χ1v) is 5.72. The van der Waals surface area contributed by atoms with E-state index in [0.717, 1.165) is 5.56 Å². The van der Waals surface area contributed by atoms with Crippen molar-refractivity contribution in [3.8, 4) is 0 Å². The molecule has 0 heterocycles. The van der Waals surface area contributed by atoms with E-state index in [2.05, 4.69) is 4.74 Å². The average Bonchev–Trinajstić information content (AvgIpc) is 2.28. The fraction of sp³-hybridized carbons (Fsp3) is 0.385. The second-order valence-electron chi connectivity index (χ2n) is 3.93. The van der Waals surface area contributed by atoms with Crippen molar-refractivity contribution in [2.75, 3.05) is 7.11 Å². The molecule has 0 aliphatic carbocycles. The van der Waals surface area contributed by atoms with Crippen LogP contribution in [0.4, 0.5) is 0 Å². The van der Waals surface area contributed by atoms with Gasteiger partial charge in [0.2, 0.25) is 0 Å². The minimum Gasteiger partial charge on any atom is -0.469 e. The van der Waals surface area contributed by atoms with E-state index in [1.165, 1.54) is 14.0 Å². The van der Waals surface area contributed by atoms with E-state index >= 15 is 0 Å². The van der Waals surface area contributed by atoms with Crippen LogP contribution in [-0.4, -0.2) is 18.9 Å². The Labute approximate surface area is 106 Å². The van der Waals surface area contributed by atoms with E-state index < -0.39 is 0 Å². The van der Waals surface area contributed by atoms with Gasteiger partial charge in [0.1, 0.15) is 5.78 Å². The summed E-state index contributed by atoms with van der Waals surface area (Å²) in [5.41, 5.74) is 0.926. The molecule has 0 aliphatic heterocycles. The van der Waals surface area contributed by atoms with Crippen LogP contribution in [0.15, 0.2) is 24.3 Å². The minimum absolute atomic E-state index is 0.0499. The van der Waals surface area contributed by atoms with Crippen LogP contribution in [-0.2, 0) is 14.3 Å². The third-order valence-corrected chi connectivity index (χ3v) is 2.77. The number of ketones is 1. The number of methoxy groups -OCH3 is 1. The van der Waals surface area contributed by atoms with Crippen LogP contribution in [0, 0.1) is 0 Å². The standard InChI is InChI=1S/C13H15ClO3/c1-9(15)7-11(8-13(16)17-2)10-3-5-12(14)6-4-10/h3-6,11H,7-8H2,1-2H3. The lowest BCUT2D eigenvalue weighted by Gasteiger charge is -2.14. The first kappa shape index (κ1) is 13.7. The smallest absolute Gasteiger partial charge is 0.306 e. The monoisotopic (exact) mass is 254 g/mol. The molecule has 1 aromatic carbocycles. The van der Waals surface area contributed by atoms with E-state index in [9.17, 15) is 9.59 Å². The zero-order valence-electron chi connectivity index (χ0n) is 9.90. The van der Waals surface area contributed by atoms with Crippen LogP contribution in [0.1, 0.15) is 31.2 Å². The number of carbonyl (C=O) groups excluding carboxylic acids is 2. The molecule has 0 saturated carbocycles. The summed E-state index contributed by atoms with van der Waals surface area (Å²) in [5, 5.41) is 0.633. The molecule has 0 saturated heterocycles. The molecule has 0 amide bonds. The fourth-order valence-corrected chi connectivity index (χ4v) is 1.80. The number of rotatable bonds is 5. The van der Waals surface area contributed by atoms with Crippen LogP contribution in [0.3, 0.4) is 0 Å². The van der Waals surface area contributed by atoms with E-state index in [0.29, 0.717) is 11.4 Å². The topological polar surface area (TPSA) is 43.4 Å². The van der Waals surface area contributed by atoms with Gasteiger partial charge in [-0.05, 0) is 24.6 Å². The van der Waals surface area contributed by atoms with Crippen molar-refractivity contribution in [1.82, 2.24) is 0 Å². The van der Waals surface area contributed by atoms with Gasteiger partial charge < -0.3 is 9.53 Å². The molecule has 0 aliphatic rings. The van der Waals surface area contributed by atoms with Crippen LogP contribution in [0.25, 0.3) is 0 Å². The first-order valence-electron chi connectivity index (χ1n) is 5.34. The number of hydrogen-bond donors (Lipinski definition) is 0. The molecular weight excluding hydrogens is 240 g/mol. The number of ether oxygens (including phenoxy) is 1. The van der Waals surface area contributed by atoms with Crippen molar-refractivity contribution in [1.29, 1.82) is 0 Å². The summed E-state index contributed by atoms with van der Waals surface area (Å²) >= 11 is 5.80. The van der Waals surface area contributed by atoms with Gasteiger partial charge in [0.05, 0.1) is 13.5 Å². The number of carbonyl (C=O) groups is 2. The Hall–Kier alpha value is -1.35. The highest BCUT2D eigenvalue weighted by atomic mass is 35.5. The van der Waals surface area contributed by atoms with E-state index in [1.807, 2.05) is 12.1 Å². The van der Waals surface area contributed by atoms with Crippen LogP contribution in [0.5, 0.6) is 0 Å². The van der Waals surface area contributed by atoms with Crippen LogP contribution < -0.4 is 0 Å². The van der Waals surface area contributed by atoms with E-state index in [4.69, 9.17) is 11.6 Å². The van der Waals surface area contributed by atoms with Crippen molar-refractivity contribution in [2.24, 2.45) is 0 Å². The van der Waals surface area contributed by atoms with Crippen molar-refractivity contribution in [3.63, 3.8) is 0 Å². The van der Waals surface area contributed by atoms with Gasteiger partial charge in [0.25, 0.3) is 0 Å². The summed E-state index contributed by atoms with van der Waals surface area (Å²) in [7, 11) is 1.34. The first-order chi connectivity index (χ1) is 8.02. The van der Waals surface area contributed by atoms with Gasteiger partial charge in [0.15, 0.2) is 0 Å². The maximum absolute atomic E-state index is 11.3. The molecule has 1 atom stereocenters. The molecule has 1 aromatic rings. The molecule has 1 unspecified atom stereocenters. The molecule has 0 spiro atoms. The SMILES string of the molecule is COC(=O)CC(CC(C)=O)c1ccc(Cl)cc1. The van der Waals surface area contributed by atoms with Crippen molar-refractivity contribution < 1.29 is 14.3 Å². The summed E-state index contributed by atoms with van der Waals surface area (Å²) in [6.07, 6.45) is 0.536. The van der Waals surface area contributed by atoms with Crippen LogP contribution >= 0.6 is 11.6 Å². The molecular formula is C13H15ClO3. The van der Waals surface area contributed by atoms with Crippen LogP contribution in [0.2, 0.25) is 5.02 Å². The predicted octanol–water partition coefficient (Wildman–Crippen LogP) is 2.97. The molecule has 92 valence electrons. The third kappa shape index (κ3) is 4.57. The van der Waals surface area contributed by atoms with E-state index in [-0.39, 0.29) is 24.1 Å². The number of halogens is 1. The molecule has 3 nitrogen and oxygen atoms in total. The highest BCUT2D eigenvalue weighted by Gasteiger charge is 2.18. The third-order valence-electron chi connectivity index (χ3n) is 2.52. The Balaban J connectivity index is 2.85. The molecule has 0 fully saturated rings. The lowest BCUT2D eigenvalue weighted by molar-refractivity contribution is -0.141. The largest absolute Gasteiger partial charge is 0.469 e. The quantitative estimate of drug-likeness (QED) is 0.759. The second kappa shape index (κ2) is 6.40. The summed E-state index contributed by atoms with van der Waals surface area (Å²) in [6, 6.07) is 7.17. The summed E-state index contributed by atoms with van der Waals surface area (Å²) in [5.74, 6) is -0.405. The number of hydrogen-bond acceptors (Lipinski definition) is 3. The van der Waals surface area contributed by atoms with E-state index in [1.54, 1.807) is 12.1 Å². The Morgan fingerprint density at radius 3 is 2.29 bits per heavy atom. The van der Waals surface area contributed by atoms with Gasteiger partial charge in [0, 0.05) is 17.4 Å². The average molecular weight is 255 g/mol. The molecule has 0 aromatic heterocycles. The summed E-state index contributed by atoms with van der Waals surface area (Å²) in [4.78, 5) is 22.5. The van der Waals surface area contributed by atoms with Gasteiger partial charge >= 0.3 is 5.97 Å². The zero-order chi connectivity index (χ0) is 12.8. The predicted molar refractivity (Wildman–Crippen MR) is 66.1 cm³/mol. The van der Waals surface area contributed by atoms with Gasteiger partial charge in [-0.15, -0.1) is 0 Å². The maximum atomic E-state index is 11.3. The summed E-state index contributed by atoms with van der Waals surface area (Å²) in [6.45, 7) is 1.51. The highest BCUT2D eigenvalue weighted by molar-refractivity contribution is 6.30. The number of esters is 1. The van der Waals surface area contributed by atoms with Gasteiger partial charge in [-0.1, -0.05) is 23.7 Å². The number of Topliss-reactive ketones (excluding diaryl/α,β-unsaturated/α-hetero) is 1. The Morgan fingerprint density at radius 1 is 1.24 bits per heavy atom. The fourth-order valence-electron chi connectivity index (χ4n) is 1.67. The highest BCUT2D eigenvalue weighted by Crippen LogP contribution is 2.25.